The van der Waals surface area contributed by atoms with Crippen LogP contribution in [0.2, 0.25) is 0 Å². The van der Waals surface area contributed by atoms with E-state index in [4.69, 9.17) is 14.3 Å². The molecule has 1 aromatic carbocycles. The Balaban J connectivity index is 2.14. The lowest BCUT2D eigenvalue weighted by atomic mass is 10.2. The number of methoxy groups -OCH3 is 1. The molecular formula is C13H13BrN2O4. The van der Waals surface area contributed by atoms with E-state index in [1.165, 1.54) is 0 Å². The summed E-state index contributed by atoms with van der Waals surface area (Å²) in [7, 11) is 1.56. The standard InChI is InChI=1S/C13H13BrN2O4/c1-19-10-7-8(14)5-6-9(10)13-16-15-11(20-13)3-2-4-12(17)18/h5-7H,2-4H2,1H3,(H,17,18). The van der Waals surface area contributed by atoms with E-state index in [9.17, 15) is 4.79 Å². The van der Waals surface area contributed by atoms with Crippen LogP contribution < -0.4 is 4.74 Å². The van der Waals surface area contributed by atoms with Crippen LogP contribution >= 0.6 is 15.9 Å². The predicted octanol–water partition coefficient (Wildman–Crippen LogP) is 2.92. The third-order valence-corrected chi connectivity index (χ3v) is 3.14. The summed E-state index contributed by atoms with van der Waals surface area (Å²) in [6.07, 6.45) is 0.992. The van der Waals surface area contributed by atoms with Crippen molar-refractivity contribution < 1.29 is 19.1 Å². The molecule has 0 amide bonds. The number of nitrogens with zero attached hydrogens (tertiary/aromatic N) is 2. The van der Waals surface area contributed by atoms with Gasteiger partial charge in [-0.05, 0) is 24.6 Å². The van der Waals surface area contributed by atoms with E-state index in [1.807, 2.05) is 18.2 Å². The molecule has 1 heterocycles. The summed E-state index contributed by atoms with van der Waals surface area (Å²) in [5.41, 5.74) is 0.702. The Morgan fingerprint density at radius 1 is 1.45 bits per heavy atom. The largest absolute Gasteiger partial charge is 0.496 e. The molecule has 2 rings (SSSR count). The monoisotopic (exact) mass is 340 g/mol. The maximum absolute atomic E-state index is 10.4. The second-order valence-electron chi connectivity index (χ2n) is 4.09. The second-order valence-corrected chi connectivity index (χ2v) is 5.01. The van der Waals surface area contributed by atoms with Gasteiger partial charge in [-0.1, -0.05) is 15.9 Å². The van der Waals surface area contributed by atoms with Crippen LogP contribution in [0.5, 0.6) is 5.75 Å². The van der Waals surface area contributed by atoms with Crippen molar-refractivity contribution in [2.75, 3.05) is 7.11 Å². The Bertz CT molecular complexity index is 612. The quantitative estimate of drug-likeness (QED) is 0.870. The summed E-state index contributed by atoms with van der Waals surface area (Å²) in [5.74, 6) is 0.574. The lowest BCUT2D eigenvalue weighted by molar-refractivity contribution is -0.137. The summed E-state index contributed by atoms with van der Waals surface area (Å²) >= 11 is 3.36. The van der Waals surface area contributed by atoms with E-state index in [2.05, 4.69) is 26.1 Å². The Kier molecular flexibility index (Phi) is 4.73. The summed E-state index contributed by atoms with van der Waals surface area (Å²) in [5, 5.41) is 16.5. The molecule has 1 N–H and O–H groups in total. The van der Waals surface area contributed by atoms with E-state index in [-0.39, 0.29) is 6.42 Å². The Morgan fingerprint density at radius 2 is 2.25 bits per heavy atom. The number of carboxylic acids is 1. The van der Waals surface area contributed by atoms with E-state index >= 15 is 0 Å². The first-order valence-corrected chi connectivity index (χ1v) is 6.77. The van der Waals surface area contributed by atoms with Crippen LogP contribution in [0.1, 0.15) is 18.7 Å². The molecule has 0 bridgehead atoms. The molecule has 20 heavy (non-hydrogen) atoms. The number of halogens is 1. The van der Waals surface area contributed by atoms with E-state index in [1.54, 1.807) is 7.11 Å². The zero-order valence-electron chi connectivity index (χ0n) is 10.8. The number of carboxylic acid groups (broad SMARTS) is 1. The number of hydrogen-bond acceptors (Lipinski definition) is 5. The van der Waals surface area contributed by atoms with Crippen molar-refractivity contribution in [3.63, 3.8) is 0 Å². The predicted molar refractivity (Wildman–Crippen MR) is 74.6 cm³/mol. The lowest BCUT2D eigenvalue weighted by Crippen LogP contribution is -1.95. The number of aryl methyl sites for hydroxylation is 1. The highest BCUT2D eigenvalue weighted by atomic mass is 79.9. The first-order chi connectivity index (χ1) is 9.60. The molecule has 0 saturated carbocycles. The van der Waals surface area contributed by atoms with Crippen LogP contribution in [0, 0.1) is 0 Å². The molecular weight excluding hydrogens is 328 g/mol. The van der Waals surface area contributed by atoms with Crippen molar-refractivity contribution >= 4 is 21.9 Å². The van der Waals surface area contributed by atoms with Crippen molar-refractivity contribution in [1.82, 2.24) is 10.2 Å². The fourth-order valence-electron chi connectivity index (χ4n) is 1.70. The molecule has 0 aliphatic heterocycles. The highest BCUT2D eigenvalue weighted by Crippen LogP contribution is 2.31. The average molecular weight is 341 g/mol. The number of aliphatic carboxylic acids is 1. The minimum Gasteiger partial charge on any atom is -0.496 e. The van der Waals surface area contributed by atoms with Crippen molar-refractivity contribution in [3.05, 3.63) is 28.6 Å². The molecule has 0 atom stereocenters. The van der Waals surface area contributed by atoms with Crippen LogP contribution in [0.3, 0.4) is 0 Å². The molecule has 0 unspecified atom stereocenters. The van der Waals surface area contributed by atoms with Gasteiger partial charge >= 0.3 is 5.97 Å². The number of benzene rings is 1. The van der Waals surface area contributed by atoms with Crippen LogP contribution in [0.4, 0.5) is 0 Å². The van der Waals surface area contributed by atoms with Gasteiger partial charge in [-0.25, -0.2) is 0 Å². The van der Waals surface area contributed by atoms with Crippen molar-refractivity contribution in [1.29, 1.82) is 0 Å². The summed E-state index contributed by atoms with van der Waals surface area (Å²) in [4.78, 5) is 10.4. The van der Waals surface area contributed by atoms with Crippen LogP contribution in [0.25, 0.3) is 11.5 Å². The summed E-state index contributed by atoms with van der Waals surface area (Å²) in [6.45, 7) is 0. The van der Waals surface area contributed by atoms with E-state index in [0.717, 1.165) is 4.47 Å². The number of rotatable bonds is 6. The van der Waals surface area contributed by atoms with Crippen molar-refractivity contribution in [2.45, 2.75) is 19.3 Å². The Labute approximate surface area is 123 Å². The fourth-order valence-corrected chi connectivity index (χ4v) is 2.04. The van der Waals surface area contributed by atoms with Gasteiger partial charge < -0.3 is 14.3 Å². The molecule has 0 aliphatic rings. The number of ether oxygens (including phenoxy) is 1. The first-order valence-electron chi connectivity index (χ1n) is 5.98. The summed E-state index contributed by atoms with van der Waals surface area (Å²) in [6, 6.07) is 5.48. The maximum atomic E-state index is 10.4. The zero-order valence-corrected chi connectivity index (χ0v) is 12.4. The third-order valence-electron chi connectivity index (χ3n) is 2.64. The molecule has 1 aromatic heterocycles. The minimum atomic E-state index is -0.834. The van der Waals surface area contributed by atoms with Gasteiger partial charge in [0.15, 0.2) is 0 Å². The molecule has 7 heteroatoms. The average Bonchev–Trinajstić information content (AvgIpc) is 2.86. The van der Waals surface area contributed by atoms with E-state index in [0.29, 0.717) is 35.9 Å². The van der Waals surface area contributed by atoms with Crippen LogP contribution in [-0.2, 0) is 11.2 Å². The third kappa shape index (κ3) is 3.57. The molecule has 6 nitrogen and oxygen atoms in total. The van der Waals surface area contributed by atoms with E-state index < -0.39 is 5.97 Å². The Hall–Kier alpha value is -1.89. The highest BCUT2D eigenvalue weighted by Gasteiger charge is 2.14. The van der Waals surface area contributed by atoms with Crippen molar-refractivity contribution in [3.8, 4) is 17.2 Å². The van der Waals surface area contributed by atoms with Gasteiger partial charge in [-0.2, -0.15) is 0 Å². The first kappa shape index (κ1) is 14.5. The molecule has 0 aliphatic carbocycles. The normalized spacial score (nSPS) is 10.5. The lowest BCUT2D eigenvalue weighted by Gasteiger charge is -2.04. The molecule has 0 saturated heterocycles. The van der Waals surface area contributed by atoms with Crippen LogP contribution in [0.15, 0.2) is 27.1 Å². The van der Waals surface area contributed by atoms with Gasteiger partial charge in [-0.15, -0.1) is 10.2 Å². The van der Waals surface area contributed by atoms with Gasteiger partial charge in [-0.3, -0.25) is 4.79 Å². The fraction of sp³-hybridized carbons (Fsp3) is 0.308. The smallest absolute Gasteiger partial charge is 0.303 e. The second kappa shape index (κ2) is 6.51. The summed E-state index contributed by atoms with van der Waals surface area (Å²) < 4.78 is 11.7. The van der Waals surface area contributed by atoms with Gasteiger partial charge in [0.05, 0.1) is 12.7 Å². The molecule has 0 radical (unpaired) electrons. The number of aromatic nitrogens is 2. The topological polar surface area (TPSA) is 85.5 Å². The van der Waals surface area contributed by atoms with Crippen molar-refractivity contribution in [2.24, 2.45) is 0 Å². The molecule has 2 aromatic rings. The zero-order chi connectivity index (χ0) is 14.5. The van der Waals surface area contributed by atoms with Crippen LogP contribution in [-0.4, -0.2) is 28.4 Å². The van der Waals surface area contributed by atoms with Gasteiger partial charge in [0, 0.05) is 17.3 Å². The minimum absolute atomic E-state index is 0.0827. The molecule has 106 valence electrons. The molecule has 0 fully saturated rings. The number of hydrogen-bond donors (Lipinski definition) is 1. The molecule has 0 spiro atoms. The SMILES string of the molecule is COc1cc(Br)ccc1-c1nnc(CCCC(=O)O)o1. The Morgan fingerprint density at radius 3 is 2.95 bits per heavy atom. The maximum Gasteiger partial charge on any atom is 0.303 e. The highest BCUT2D eigenvalue weighted by molar-refractivity contribution is 9.10. The van der Waals surface area contributed by atoms with Gasteiger partial charge in [0.25, 0.3) is 5.89 Å². The number of carbonyl (C=O) groups is 1. The van der Waals surface area contributed by atoms with Gasteiger partial charge in [0.2, 0.25) is 5.89 Å². The van der Waals surface area contributed by atoms with Gasteiger partial charge in [0.1, 0.15) is 5.75 Å².